The number of carbonyl (C=O) groups excluding carboxylic acids is 2. The fourth-order valence-corrected chi connectivity index (χ4v) is 5.27. The number of anilines is 1. The number of carbonyl (C=O) groups is 2. The molecule has 1 fully saturated rings. The number of aromatic nitrogens is 2. The van der Waals surface area contributed by atoms with Crippen molar-refractivity contribution >= 4 is 29.1 Å². The number of amides is 2. The van der Waals surface area contributed by atoms with E-state index in [0.29, 0.717) is 27.9 Å². The molecule has 2 aliphatic rings. The van der Waals surface area contributed by atoms with Crippen LogP contribution in [0.15, 0.2) is 53.1 Å². The molecule has 1 aliphatic heterocycles. The normalized spacial score (nSPS) is 21.6. The van der Waals surface area contributed by atoms with Crippen LogP contribution in [0, 0.1) is 0 Å². The number of halogens is 1. The van der Waals surface area contributed by atoms with Crippen LogP contribution in [0.5, 0.6) is 0 Å². The largest absolute Gasteiger partial charge is 0.463 e. The molecule has 8 heteroatoms. The fraction of sp³-hybridized carbons (Fsp3) is 0.423. The molecule has 1 aromatic carbocycles. The van der Waals surface area contributed by atoms with Gasteiger partial charge in [0.1, 0.15) is 16.9 Å². The summed E-state index contributed by atoms with van der Waals surface area (Å²) in [6.45, 7) is 2.03. The molecule has 2 amide bonds. The molecule has 1 aliphatic carbocycles. The maximum Gasteiger partial charge on any atom is 0.277 e. The summed E-state index contributed by atoms with van der Waals surface area (Å²) in [5.74, 6) is 0.103. The van der Waals surface area contributed by atoms with Gasteiger partial charge in [-0.2, -0.15) is 5.10 Å². The van der Waals surface area contributed by atoms with Crippen molar-refractivity contribution in [3.8, 4) is 11.5 Å². The highest BCUT2D eigenvalue weighted by atomic mass is 35.5. The fourth-order valence-electron chi connectivity index (χ4n) is 5.09. The van der Waals surface area contributed by atoms with Crippen molar-refractivity contribution in [3.63, 3.8) is 0 Å². The summed E-state index contributed by atoms with van der Waals surface area (Å²) >= 11 is 6.28. The second-order valence-electron chi connectivity index (χ2n) is 9.46. The molecule has 0 radical (unpaired) electrons. The third kappa shape index (κ3) is 4.25. The van der Waals surface area contributed by atoms with Crippen molar-refractivity contribution in [1.82, 2.24) is 15.1 Å². The van der Waals surface area contributed by atoms with E-state index in [1.807, 2.05) is 6.07 Å². The first-order valence-corrected chi connectivity index (χ1v) is 12.4. The van der Waals surface area contributed by atoms with Gasteiger partial charge in [0, 0.05) is 22.8 Å². The topological polar surface area (TPSA) is 80.4 Å². The lowest BCUT2D eigenvalue weighted by molar-refractivity contribution is -0.127. The molecular weight excluding hydrogens is 452 g/mol. The Morgan fingerprint density at radius 1 is 1.12 bits per heavy atom. The molecule has 1 unspecified atom stereocenters. The van der Waals surface area contributed by atoms with Crippen LogP contribution in [0.25, 0.3) is 11.5 Å². The third-order valence-electron chi connectivity index (χ3n) is 6.92. The lowest BCUT2D eigenvalue weighted by atomic mass is 9.91. The minimum atomic E-state index is -1.18. The van der Waals surface area contributed by atoms with Gasteiger partial charge in [-0.3, -0.25) is 19.2 Å². The molecule has 0 bridgehead atoms. The monoisotopic (exact) mass is 480 g/mol. The third-order valence-corrected chi connectivity index (χ3v) is 7.16. The van der Waals surface area contributed by atoms with Crippen molar-refractivity contribution in [2.45, 2.75) is 70.0 Å². The number of hydrogen-bond acceptors (Lipinski definition) is 4. The average Bonchev–Trinajstić information content (AvgIpc) is 3.45. The summed E-state index contributed by atoms with van der Waals surface area (Å²) in [6.07, 6.45) is 9.36. The number of nitrogens with one attached hydrogen (secondary N) is 1. The summed E-state index contributed by atoms with van der Waals surface area (Å²) < 4.78 is 7.11. The summed E-state index contributed by atoms with van der Waals surface area (Å²) in [6, 6.07) is 12.5. The van der Waals surface area contributed by atoms with Gasteiger partial charge in [0.05, 0.1) is 12.8 Å². The number of benzene rings is 1. The van der Waals surface area contributed by atoms with Crippen LogP contribution in [0.2, 0.25) is 5.02 Å². The van der Waals surface area contributed by atoms with Gasteiger partial charge in [-0.05, 0) is 50.1 Å². The van der Waals surface area contributed by atoms with E-state index >= 15 is 0 Å². The van der Waals surface area contributed by atoms with E-state index in [1.54, 1.807) is 59.2 Å². The Bertz CT molecular complexity index is 1180. The predicted molar refractivity (Wildman–Crippen MR) is 131 cm³/mol. The lowest BCUT2D eigenvalue weighted by Crippen LogP contribution is -2.65. The number of fused-ring (bicyclic) bond motifs is 1. The second kappa shape index (κ2) is 9.29. The Balaban J connectivity index is 1.52. The minimum Gasteiger partial charge on any atom is -0.463 e. The van der Waals surface area contributed by atoms with Crippen LogP contribution < -0.4 is 10.2 Å². The van der Waals surface area contributed by atoms with Gasteiger partial charge < -0.3 is 9.73 Å². The maximum absolute atomic E-state index is 13.8. The number of hydrogen-bond donors (Lipinski definition) is 1. The molecule has 5 rings (SSSR count). The maximum atomic E-state index is 13.8. The van der Waals surface area contributed by atoms with E-state index in [-0.39, 0.29) is 24.4 Å². The Kier molecular flexibility index (Phi) is 6.21. The highest BCUT2D eigenvalue weighted by Gasteiger charge is 2.49. The molecule has 34 heavy (non-hydrogen) atoms. The zero-order valence-corrected chi connectivity index (χ0v) is 20.1. The van der Waals surface area contributed by atoms with Crippen LogP contribution >= 0.6 is 11.6 Å². The molecule has 3 heterocycles. The molecule has 178 valence electrons. The van der Waals surface area contributed by atoms with Crippen molar-refractivity contribution in [2.75, 3.05) is 4.90 Å². The molecule has 3 aromatic rings. The van der Waals surface area contributed by atoms with Gasteiger partial charge in [0.15, 0.2) is 5.76 Å². The van der Waals surface area contributed by atoms with Crippen molar-refractivity contribution in [3.05, 3.63) is 59.4 Å². The highest BCUT2D eigenvalue weighted by molar-refractivity contribution is 6.31. The first kappa shape index (κ1) is 22.7. The highest BCUT2D eigenvalue weighted by Crippen LogP contribution is 2.35. The van der Waals surface area contributed by atoms with E-state index in [1.165, 1.54) is 19.3 Å². The second-order valence-corrected chi connectivity index (χ2v) is 9.90. The van der Waals surface area contributed by atoms with Crippen LogP contribution in [0.1, 0.15) is 62.4 Å². The smallest absolute Gasteiger partial charge is 0.277 e. The number of rotatable bonds is 4. The molecule has 1 atom stereocenters. The first-order chi connectivity index (χ1) is 16.5. The van der Waals surface area contributed by atoms with E-state index in [9.17, 15) is 9.59 Å². The standard InChI is InChI=1S/C26H29ClN4O3/c1-26(25(33)28-19-10-5-3-2-4-6-11-19)17-30-22(16-21(29-30)23-13-8-14-34-23)24(32)31(26)20-12-7-9-18(27)15-20/h7-9,12-16,19H,2-6,10-11,17H2,1H3,(H,28,33). The zero-order valence-electron chi connectivity index (χ0n) is 19.3. The molecule has 1 saturated carbocycles. The molecule has 7 nitrogen and oxygen atoms in total. The van der Waals surface area contributed by atoms with Gasteiger partial charge in [-0.25, -0.2) is 0 Å². The molecular formula is C26H29ClN4O3. The average molecular weight is 481 g/mol. The number of furan rings is 1. The Morgan fingerprint density at radius 2 is 1.88 bits per heavy atom. The van der Waals surface area contributed by atoms with E-state index < -0.39 is 5.54 Å². The van der Waals surface area contributed by atoms with Gasteiger partial charge >= 0.3 is 0 Å². The molecule has 2 aromatic heterocycles. The van der Waals surface area contributed by atoms with Gasteiger partial charge in [-0.1, -0.05) is 49.8 Å². The number of nitrogens with zero attached hydrogens (tertiary/aromatic N) is 3. The SMILES string of the molecule is CC1(C(=O)NC2CCCCCCC2)Cn2nc(-c3ccco3)cc2C(=O)N1c1cccc(Cl)c1. The van der Waals surface area contributed by atoms with Gasteiger partial charge in [0.2, 0.25) is 5.91 Å². The van der Waals surface area contributed by atoms with E-state index in [0.717, 1.165) is 25.7 Å². The van der Waals surface area contributed by atoms with Crippen LogP contribution in [-0.2, 0) is 11.3 Å². The van der Waals surface area contributed by atoms with Crippen LogP contribution in [-0.4, -0.2) is 33.2 Å². The van der Waals surface area contributed by atoms with Crippen molar-refractivity contribution in [1.29, 1.82) is 0 Å². The zero-order chi connectivity index (χ0) is 23.7. The van der Waals surface area contributed by atoms with Crippen LogP contribution in [0.4, 0.5) is 5.69 Å². The van der Waals surface area contributed by atoms with Crippen molar-refractivity contribution < 1.29 is 14.0 Å². The van der Waals surface area contributed by atoms with E-state index in [4.69, 9.17) is 16.0 Å². The predicted octanol–water partition coefficient (Wildman–Crippen LogP) is 5.44. The van der Waals surface area contributed by atoms with Gasteiger partial charge in [-0.15, -0.1) is 0 Å². The molecule has 1 N–H and O–H groups in total. The van der Waals surface area contributed by atoms with E-state index in [2.05, 4.69) is 10.4 Å². The lowest BCUT2D eigenvalue weighted by Gasteiger charge is -2.43. The van der Waals surface area contributed by atoms with Crippen molar-refractivity contribution in [2.24, 2.45) is 0 Å². The first-order valence-electron chi connectivity index (χ1n) is 12.0. The Morgan fingerprint density at radius 3 is 2.59 bits per heavy atom. The van der Waals surface area contributed by atoms with Gasteiger partial charge in [0.25, 0.3) is 5.91 Å². The Hall–Kier alpha value is -3.06. The summed E-state index contributed by atoms with van der Waals surface area (Å²) in [4.78, 5) is 29.3. The minimum absolute atomic E-state index is 0.110. The molecule has 0 spiro atoms. The summed E-state index contributed by atoms with van der Waals surface area (Å²) in [5.41, 5.74) is 0.371. The van der Waals surface area contributed by atoms with Crippen LogP contribution in [0.3, 0.4) is 0 Å². The summed E-state index contributed by atoms with van der Waals surface area (Å²) in [5, 5.41) is 8.39. The Labute approximate surface area is 204 Å². The quantitative estimate of drug-likeness (QED) is 0.538. The summed E-state index contributed by atoms with van der Waals surface area (Å²) in [7, 11) is 0. The molecule has 0 saturated heterocycles.